The van der Waals surface area contributed by atoms with Gasteiger partial charge in [-0.3, -0.25) is 9.35 Å². The Kier molecular flexibility index (Phi) is 6.65. The molecule has 0 spiro atoms. The topological polar surface area (TPSA) is 110 Å². The molecule has 2 N–H and O–H groups in total. The minimum absolute atomic E-state index is 0.0407. The van der Waals surface area contributed by atoms with Crippen molar-refractivity contribution in [2.75, 3.05) is 7.11 Å². The van der Waals surface area contributed by atoms with Gasteiger partial charge < -0.3 is 9.84 Å². The van der Waals surface area contributed by atoms with Crippen LogP contribution in [0.25, 0.3) is 0 Å². The molecule has 0 amide bonds. The summed E-state index contributed by atoms with van der Waals surface area (Å²) in [7, 11) is -3.08. The summed E-state index contributed by atoms with van der Waals surface area (Å²) >= 11 is 0. The number of hydrogen-bond acceptors (Lipinski definition) is 6. The number of rotatable bonds is 3. The monoisotopic (exact) mass is 566 g/mol. The highest BCUT2D eigenvalue weighted by Gasteiger charge is 2.71. The lowest BCUT2D eigenvalue weighted by Gasteiger charge is -2.71. The number of hydrogen-bond donors (Lipinski definition) is 2. The minimum atomic E-state index is -4.53. The van der Waals surface area contributed by atoms with Gasteiger partial charge in [-0.25, -0.2) is 4.18 Å². The number of carbonyl (C=O) groups is 1. The Morgan fingerprint density at radius 1 is 0.949 bits per heavy atom. The maximum Gasteiger partial charge on any atom is 0.397 e. The maximum atomic E-state index is 13.4. The van der Waals surface area contributed by atoms with Crippen molar-refractivity contribution in [2.45, 2.75) is 118 Å². The van der Waals surface area contributed by atoms with Crippen molar-refractivity contribution in [1.82, 2.24) is 0 Å². The van der Waals surface area contributed by atoms with E-state index < -0.39 is 33.4 Å². The van der Waals surface area contributed by atoms with Crippen LogP contribution in [0.5, 0.6) is 0 Å². The van der Waals surface area contributed by atoms with Crippen molar-refractivity contribution >= 4 is 16.4 Å². The number of carbonyl (C=O) groups excluding carboxylic acids is 1. The highest BCUT2D eigenvalue weighted by molar-refractivity contribution is 7.80. The average molecular weight is 567 g/mol. The predicted octanol–water partition coefficient (Wildman–Crippen LogP) is 6.12. The van der Waals surface area contributed by atoms with Crippen molar-refractivity contribution in [3.63, 3.8) is 0 Å². The van der Waals surface area contributed by atoms with Crippen LogP contribution in [0.15, 0.2) is 11.6 Å². The van der Waals surface area contributed by atoms with E-state index in [9.17, 15) is 22.9 Å². The summed E-state index contributed by atoms with van der Waals surface area (Å²) in [6.07, 6.45) is 8.28. The van der Waals surface area contributed by atoms with Crippen molar-refractivity contribution in [1.29, 1.82) is 0 Å². The summed E-state index contributed by atoms with van der Waals surface area (Å²) in [4.78, 5) is 13.4. The summed E-state index contributed by atoms with van der Waals surface area (Å²) in [5.74, 6) is 0.276. The molecule has 7 nitrogen and oxygen atoms in total. The predicted molar refractivity (Wildman–Crippen MR) is 149 cm³/mol. The van der Waals surface area contributed by atoms with E-state index in [4.69, 9.17) is 8.92 Å². The molecule has 5 aliphatic carbocycles. The fourth-order valence-electron chi connectivity index (χ4n) is 11.2. The van der Waals surface area contributed by atoms with E-state index in [0.29, 0.717) is 25.2 Å². The van der Waals surface area contributed by atoms with Crippen LogP contribution in [0.1, 0.15) is 106 Å². The third kappa shape index (κ3) is 3.97. The molecule has 0 unspecified atom stereocenters. The van der Waals surface area contributed by atoms with Crippen molar-refractivity contribution in [3.05, 3.63) is 11.6 Å². The standard InChI is InChI=1S/C31H50O7S/c1-26(2)15-16-31(25(33)37-8)20(17-26)19-9-10-22-28(5)13-12-24(38-39(34,35)36)27(3,4)21(28)11-14-29(22,6)30(19,7)18-23(31)32/h9,20-24,32H,10-18H2,1-8H3,(H,34,35,36)/t20-,21-,22+,23+,24-,28-,29+,30+,31+/m0/s1. The molecule has 5 rings (SSSR count). The van der Waals surface area contributed by atoms with E-state index in [2.05, 4.69) is 54.5 Å². The van der Waals surface area contributed by atoms with Gasteiger partial charge in [0.05, 0.1) is 19.3 Å². The summed E-state index contributed by atoms with van der Waals surface area (Å²) in [5, 5.41) is 11.9. The Bertz CT molecular complexity index is 1170. The molecular formula is C31H50O7S. The van der Waals surface area contributed by atoms with Gasteiger partial charge in [0.15, 0.2) is 0 Å². The molecule has 9 atom stereocenters. The van der Waals surface area contributed by atoms with Gasteiger partial charge in [0, 0.05) is 0 Å². The van der Waals surface area contributed by atoms with E-state index in [1.807, 2.05) is 0 Å². The number of aliphatic hydroxyl groups is 1. The molecule has 0 aromatic carbocycles. The quantitative estimate of drug-likeness (QED) is 0.241. The Balaban J connectivity index is 1.58. The second kappa shape index (κ2) is 8.78. The van der Waals surface area contributed by atoms with Crippen LogP contribution in [-0.2, 0) is 24.1 Å². The van der Waals surface area contributed by atoms with Crippen LogP contribution < -0.4 is 0 Å². The van der Waals surface area contributed by atoms with E-state index in [-0.39, 0.29) is 39.5 Å². The van der Waals surface area contributed by atoms with Gasteiger partial charge in [0.1, 0.15) is 5.41 Å². The molecule has 4 fully saturated rings. The smallest absolute Gasteiger partial charge is 0.397 e. The van der Waals surface area contributed by atoms with Gasteiger partial charge in [0.2, 0.25) is 0 Å². The maximum absolute atomic E-state index is 13.4. The lowest BCUT2D eigenvalue weighted by molar-refractivity contribution is -0.217. The average Bonchev–Trinajstić information content (AvgIpc) is 2.80. The summed E-state index contributed by atoms with van der Waals surface area (Å²) < 4.78 is 43.4. The van der Waals surface area contributed by atoms with E-state index >= 15 is 0 Å². The molecule has 0 radical (unpaired) electrons. The Morgan fingerprint density at radius 2 is 1.62 bits per heavy atom. The molecule has 0 aromatic heterocycles. The van der Waals surface area contributed by atoms with Gasteiger partial charge >= 0.3 is 16.4 Å². The lowest BCUT2D eigenvalue weighted by atomic mass is 9.33. The molecular weight excluding hydrogens is 516 g/mol. The van der Waals surface area contributed by atoms with Gasteiger partial charge in [-0.1, -0.05) is 60.1 Å². The molecule has 0 aliphatic heterocycles. The molecule has 0 saturated heterocycles. The first-order valence-corrected chi connectivity index (χ1v) is 16.3. The fraction of sp³-hybridized carbons (Fsp3) is 0.903. The third-order valence-corrected chi connectivity index (χ3v) is 13.9. The molecule has 0 heterocycles. The van der Waals surface area contributed by atoms with E-state index in [1.54, 1.807) is 0 Å². The number of aliphatic hydroxyl groups excluding tert-OH is 1. The van der Waals surface area contributed by atoms with Crippen LogP contribution in [0.4, 0.5) is 0 Å². The van der Waals surface area contributed by atoms with Crippen molar-refractivity contribution in [2.24, 2.45) is 50.2 Å². The fourth-order valence-corrected chi connectivity index (χ4v) is 11.8. The summed E-state index contributed by atoms with van der Waals surface area (Å²) in [6.45, 7) is 15.9. The molecule has 5 aliphatic rings. The van der Waals surface area contributed by atoms with Crippen LogP contribution in [-0.4, -0.2) is 43.4 Å². The van der Waals surface area contributed by atoms with E-state index in [0.717, 1.165) is 38.5 Å². The second-order valence-electron chi connectivity index (χ2n) is 15.8. The second-order valence-corrected chi connectivity index (χ2v) is 16.9. The van der Waals surface area contributed by atoms with E-state index in [1.165, 1.54) is 12.7 Å². The molecule has 39 heavy (non-hydrogen) atoms. The zero-order valence-electron chi connectivity index (χ0n) is 25.2. The highest BCUT2D eigenvalue weighted by Crippen LogP contribution is 2.76. The molecule has 0 aromatic rings. The third-order valence-electron chi connectivity index (χ3n) is 13.4. The van der Waals surface area contributed by atoms with Gasteiger partial charge in [0.25, 0.3) is 0 Å². The van der Waals surface area contributed by atoms with Gasteiger partial charge in [-0.2, -0.15) is 8.42 Å². The molecule has 8 heteroatoms. The first kappa shape index (κ1) is 29.5. The van der Waals surface area contributed by atoms with Crippen LogP contribution in [0.3, 0.4) is 0 Å². The summed E-state index contributed by atoms with van der Waals surface area (Å²) in [5.41, 5.74) is -0.257. The largest absolute Gasteiger partial charge is 0.468 e. The normalized spacial score (nSPS) is 48.5. The molecule has 222 valence electrons. The van der Waals surface area contributed by atoms with Crippen molar-refractivity contribution < 1.29 is 31.8 Å². The minimum Gasteiger partial charge on any atom is -0.468 e. The Morgan fingerprint density at radius 3 is 2.23 bits per heavy atom. The number of fused-ring (bicyclic) bond motifs is 7. The van der Waals surface area contributed by atoms with Crippen molar-refractivity contribution in [3.8, 4) is 0 Å². The zero-order valence-corrected chi connectivity index (χ0v) is 26.0. The number of esters is 1. The first-order valence-electron chi connectivity index (χ1n) is 14.9. The van der Waals surface area contributed by atoms with Gasteiger partial charge in [-0.15, -0.1) is 0 Å². The van der Waals surface area contributed by atoms with Crippen LogP contribution in [0, 0.1) is 50.2 Å². The number of ether oxygens (including phenoxy) is 1. The van der Waals surface area contributed by atoms with Crippen LogP contribution in [0.2, 0.25) is 0 Å². The zero-order chi connectivity index (χ0) is 29.0. The number of allylic oxidation sites excluding steroid dienone is 2. The number of methoxy groups -OCH3 is 1. The molecule has 4 saturated carbocycles. The van der Waals surface area contributed by atoms with Crippen LogP contribution >= 0.6 is 0 Å². The summed E-state index contributed by atoms with van der Waals surface area (Å²) in [6, 6.07) is 0. The Hall–Kier alpha value is -0.960. The molecule has 0 bridgehead atoms. The lowest BCUT2D eigenvalue weighted by Crippen LogP contribution is -2.67. The first-order chi connectivity index (χ1) is 17.8. The highest BCUT2D eigenvalue weighted by atomic mass is 32.3. The van der Waals surface area contributed by atoms with Gasteiger partial charge in [-0.05, 0) is 103 Å². The Labute approximate surface area is 235 Å². The SMILES string of the molecule is COC(=O)[C@]12CCC(C)(C)C[C@H]1C1=CC[C@@H]3[C@@]4(C)CC[C@H](OS(=O)(=O)O)C(C)(C)[C@@H]4CC[C@@]3(C)[C@]1(C)C[C@H]2O.